The second kappa shape index (κ2) is 9.96. The van der Waals surface area contributed by atoms with Crippen molar-refractivity contribution in [1.29, 1.82) is 5.41 Å². The van der Waals surface area contributed by atoms with Crippen molar-refractivity contribution >= 4 is 6.21 Å². The Labute approximate surface area is 130 Å². The van der Waals surface area contributed by atoms with E-state index >= 15 is 0 Å². The summed E-state index contributed by atoms with van der Waals surface area (Å²) in [5, 5.41) is 7.66. The Balaban J connectivity index is 2.49. The SMILES string of the molecule is CCCN(CCC)C1CCN(C(C=N)C/C=C(\C)N)CC1. The van der Waals surface area contributed by atoms with Crippen LogP contribution in [0, 0.1) is 5.41 Å². The van der Waals surface area contributed by atoms with Crippen LogP contribution < -0.4 is 5.73 Å². The van der Waals surface area contributed by atoms with E-state index in [0.29, 0.717) is 0 Å². The normalized spacial score (nSPS) is 19.9. The molecule has 0 spiro atoms. The minimum Gasteiger partial charge on any atom is -0.403 e. The Hall–Kier alpha value is -0.870. The van der Waals surface area contributed by atoms with Crippen LogP contribution in [0.5, 0.6) is 0 Å². The van der Waals surface area contributed by atoms with Gasteiger partial charge < -0.3 is 16.0 Å². The Morgan fingerprint density at radius 3 is 2.29 bits per heavy atom. The summed E-state index contributed by atoms with van der Waals surface area (Å²) >= 11 is 0. The van der Waals surface area contributed by atoms with Crippen LogP contribution >= 0.6 is 0 Å². The first-order valence-corrected chi connectivity index (χ1v) is 8.53. The summed E-state index contributed by atoms with van der Waals surface area (Å²) in [4.78, 5) is 5.11. The molecule has 1 atom stereocenters. The van der Waals surface area contributed by atoms with E-state index in [2.05, 4.69) is 23.6 Å². The molecule has 0 aromatic heterocycles. The maximum absolute atomic E-state index is 7.66. The van der Waals surface area contributed by atoms with Crippen LogP contribution in [-0.2, 0) is 0 Å². The molecule has 1 unspecified atom stereocenters. The molecule has 3 N–H and O–H groups in total. The lowest BCUT2D eigenvalue weighted by atomic mass is 10.00. The van der Waals surface area contributed by atoms with Gasteiger partial charge in [0.05, 0.1) is 0 Å². The van der Waals surface area contributed by atoms with Crippen molar-refractivity contribution in [3.63, 3.8) is 0 Å². The number of nitrogens with two attached hydrogens (primary N) is 1. The Morgan fingerprint density at radius 1 is 1.29 bits per heavy atom. The predicted molar refractivity (Wildman–Crippen MR) is 91.9 cm³/mol. The minimum absolute atomic E-state index is 0.218. The van der Waals surface area contributed by atoms with Gasteiger partial charge >= 0.3 is 0 Å². The molecule has 0 amide bonds. The highest BCUT2D eigenvalue weighted by molar-refractivity contribution is 5.61. The first kappa shape index (κ1) is 18.2. The average Bonchev–Trinajstić information content (AvgIpc) is 2.48. The quantitative estimate of drug-likeness (QED) is 0.643. The van der Waals surface area contributed by atoms with Crippen LogP contribution in [0.2, 0.25) is 0 Å². The molecule has 1 fully saturated rings. The maximum Gasteiger partial charge on any atom is 0.0479 e. The molecular weight excluding hydrogens is 260 g/mol. The fraction of sp³-hybridized carbons (Fsp3) is 0.824. The highest BCUT2D eigenvalue weighted by Crippen LogP contribution is 2.20. The molecular formula is C17H34N4. The molecule has 0 bridgehead atoms. The maximum atomic E-state index is 7.66. The molecule has 4 nitrogen and oxygen atoms in total. The Bertz CT molecular complexity index is 309. The molecule has 1 saturated heterocycles. The first-order valence-electron chi connectivity index (χ1n) is 8.53. The van der Waals surface area contributed by atoms with E-state index in [1.807, 2.05) is 13.0 Å². The van der Waals surface area contributed by atoms with Crippen molar-refractivity contribution in [1.82, 2.24) is 9.80 Å². The molecule has 21 heavy (non-hydrogen) atoms. The number of nitrogens with zero attached hydrogens (tertiary/aromatic N) is 2. The zero-order valence-electron chi connectivity index (χ0n) is 14.1. The van der Waals surface area contributed by atoms with Gasteiger partial charge in [0.25, 0.3) is 0 Å². The Kier molecular flexibility index (Phi) is 8.62. The summed E-state index contributed by atoms with van der Waals surface area (Å²) in [6.07, 6.45) is 9.43. The van der Waals surface area contributed by atoms with Crippen LogP contribution in [0.3, 0.4) is 0 Å². The fourth-order valence-corrected chi connectivity index (χ4v) is 3.26. The van der Waals surface area contributed by atoms with Gasteiger partial charge in [0, 0.05) is 37.1 Å². The highest BCUT2D eigenvalue weighted by atomic mass is 15.2. The summed E-state index contributed by atoms with van der Waals surface area (Å²) < 4.78 is 0. The number of piperidine rings is 1. The van der Waals surface area contributed by atoms with Crippen molar-refractivity contribution in [3.8, 4) is 0 Å². The van der Waals surface area contributed by atoms with E-state index in [0.717, 1.165) is 31.2 Å². The van der Waals surface area contributed by atoms with Gasteiger partial charge in [-0.3, -0.25) is 4.90 Å². The third kappa shape index (κ3) is 6.18. The van der Waals surface area contributed by atoms with Crippen molar-refractivity contribution in [2.24, 2.45) is 5.73 Å². The van der Waals surface area contributed by atoms with Gasteiger partial charge in [0.1, 0.15) is 0 Å². The van der Waals surface area contributed by atoms with E-state index in [1.165, 1.54) is 38.8 Å². The van der Waals surface area contributed by atoms with Crippen LogP contribution in [0.15, 0.2) is 11.8 Å². The number of hydrogen-bond donors (Lipinski definition) is 2. The second-order valence-corrected chi connectivity index (χ2v) is 6.22. The zero-order chi connectivity index (χ0) is 15.7. The van der Waals surface area contributed by atoms with Crippen LogP contribution in [0.4, 0.5) is 0 Å². The smallest absolute Gasteiger partial charge is 0.0479 e. The molecule has 1 aliphatic heterocycles. The molecule has 0 saturated carbocycles. The number of hydrogen-bond acceptors (Lipinski definition) is 4. The molecule has 1 heterocycles. The van der Waals surface area contributed by atoms with Crippen molar-refractivity contribution in [2.75, 3.05) is 26.2 Å². The number of rotatable bonds is 9. The third-order valence-electron chi connectivity index (χ3n) is 4.38. The summed E-state index contributed by atoms with van der Waals surface area (Å²) in [5.74, 6) is 0. The van der Waals surface area contributed by atoms with E-state index in [-0.39, 0.29) is 6.04 Å². The number of nitrogens with one attached hydrogen (secondary N) is 1. The van der Waals surface area contributed by atoms with Gasteiger partial charge in [0.2, 0.25) is 0 Å². The van der Waals surface area contributed by atoms with Gasteiger partial charge in [-0.25, -0.2) is 0 Å². The Morgan fingerprint density at radius 2 is 1.86 bits per heavy atom. The third-order valence-corrected chi connectivity index (χ3v) is 4.38. The van der Waals surface area contributed by atoms with Crippen molar-refractivity contribution in [2.45, 2.75) is 65.0 Å². The van der Waals surface area contributed by atoms with E-state index in [1.54, 1.807) is 6.21 Å². The largest absolute Gasteiger partial charge is 0.403 e. The van der Waals surface area contributed by atoms with Gasteiger partial charge in [-0.2, -0.15) is 0 Å². The van der Waals surface area contributed by atoms with Gasteiger partial charge in [0.15, 0.2) is 0 Å². The standard InChI is InChI=1S/C17H34N4/c1-4-10-20(11-5-2)16-8-12-21(13-9-16)17(14-18)7-6-15(3)19/h6,14,16-18H,4-5,7-13,19H2,1-3H3/b15-6+,18-14?. The zero-order valence-corrected chi connectivity index (χ0v) is 14.1. The summed E-state index contributed by atoms with van der Waals surface area (Å²) in [6.45, 7) is 11.1. The average molecular weight is 294 g/mol. The van der Waals surface area contributed by atoms with E-state index in [9.17, 15) is 0 Å². The van der Waals surface area contributed by atoms with Crippen molar-refractivity contribution in [3.05, 3.63) is 11.8 Å². The first-order chi connectivity index (χ1) is 10.1. The van der Waals surface area contributed by atoms with Gasteiger partial charge in [-0.15, -0.1) is 0 Å². The molecule has 122 valence electrons. The lowest BCUT2D eigenvalue weighted by Crippen LogP contribution is -2.48. The highest BCUT2D eigenvalue weighted by Gasteiger charge is 2.26. The van der Waals surface area contributed by atoms with Crippen LogP contribution in [0.1, 0.15) is 52.9 Å². The predicted octanol–water partition coefficient (Wildman–Crippen LogP) is 2.84. The molecule has 0 aromatic carbocycles. The van der Waals surface area contributed by atoms with E-state index in [4.69, 9.17) is 11.1 Å². The molecule has 1 rings (SSSR count). The molecule has 0 aromatic rings. The molecule has 0 radical (unpaired) electrons. The lowest BCUT2D eigenvalue weighted by molar-refractivity contribution is 0.0992. The minimum atomic E-state index is 0.218. The van der Waals surface area contributed by atoms with Crippen molar-refractivity contribution < 1.29 is 0 Å². The van der Waals surface area contributed by atoms with Crippen LogP contribution in [-0.4, -0.2) is 54.3 Å². The topological polar surface area (TPSA) is 56.4 Å². The molecule has 1 aliphatic rings. The molecule has 0 aliphatic carbocycles. The van der Waals surface area contributed by atoms with E-state index < -0.39 is 0 Å². The number of allylic oxidation sites excluding steroid dienone is 1. The fourth-order valence-electron chi connectivity index (χ4n) is 3.26. The summed E-state index contributed by atoms with van der Waals surface area (Å²) in [7, 11) is 0. The summed E-state index contributed by atoms with van der Waals surface area (Å²) in [6, 6.07) is 0.953. The van der Waals surface area contributed by atoms with Gasteiger partial charge in [-0.1, -0.05) is 19.9 Å². The second-order valence-electron chi connectivity index (χ2n) is 6.22. The molecule has 4 heteroatoms. The lowest BCUT2D eigenvalue weighted by Gasteiger charge is -2.40. The number of likely N-dealkylation sites (tertiary alicyclic amines) is 1. The monoisotopic (exact) mass is 294 g/mol. The van der Waals surface area contributed by atoms with Crippen LogP contribution in [0.25, 0.3) is 0 Å². The summed E-state index contributed by atoms with van der Waals surface area (Å²) in [5.41, 5.74) is 6.57. The van der Waals surface area contributed by atoms with Gasteiger partial charge in [-0.05, 0) is 52.1 Å².